The first kappa shape index (κ1) is 9.75. The fourth-order valence-corrected chi connectivity index (χ4v) is 2.68. The second kappa shape index (κ2) is 3.85. The zero-order chi connectivity index (χ0) is 11.0. The van der Waals surface area contributed by atoms with Gasteiger partial charge in [0.25, 0.3) is 0 Å². The SMILES string of the molecule is Clc1ccc2scc(-c3ccncc3)c2n1. The summed E-state index contributed by atoms with van der Waals surface area (Å²) < 4.78 is 1.15. The Bertz CT molecular complexity index is 634. The Balaban J connectivity index is 2.29. The van der Waals surface area contributed by atoms with E-state index in [1.54, 1.807) is 23.7 Å². The molecule has 3 heterocycles. The number of rotatable bonds is 1. The van der Waals surface area contributed by atoms with Crippen molar-refractivity contribution in [1.29, 1.82) is 0 Å². The van der Waals surface area contributed by atoms with Crippen molar-refractivity contribution in [1.82, 2.24) is 9.97 Å². The first-order valence-corrected chi connectivity index (χ1v) is 6.04. The molecule has 0 unspecified atom stereocenters. The van der Waals surface area contributed by atoms with Crippen LogP contribution in [0.15, 0.2) is 42.0 Å². The van der Waals surface area contributed by atoms with Crippen LogP contribution in [0, 0.1) is 0 Å². The standard InChI is InChI=1S/C12H7ClN2S/c13-11-2-1-10-12(15-11)9(7-16-10)8-3-5-14-6-4-8/h1-7H. The molecule has 0 saturated carbocycles. The van der Waals surface area contributed by atoms with Gasteiger partial charge in [0.05, 0.1) is 10.2 Å². The van der Waals surface area contributed by atoms with Gasteiger partial charge in [-0.2, -0.15) is 0 Å². The van der Waals surface area contributed by atoms with Crippen LogP contribution < -0.4 is 0 Å². The number of pyridine rings is 2. The van der Waals surface area contributed by atoms with Gasteiger partial charge < -0.3 is 0 Å². The molecule has 0 aliphatic rings. The summed E-state index contributed by atoms with van der Waals surface area (Å²) in [5.74, 6) is 0. The average molecular weight is 247 g/mol. The summed E-state index contributed by atoms with van der Waals surface area (Å²) in [4.78, 5) is 8.38. The quantitative estimate of drug-likeness (QED) is 0.607. The van der Waals surface area contributed by atoms with E-state index in [1.165, 1.54) is 0 Å². The van der Waals surface area contributed by atoms with Gasteiger partial charge in [0, 0.05) is 23.3 Å². The molecule has 16 heavy (non-hydrogen) atoms. The van der Waals surface area contributed by atoms with Crippen molar-refractivity contribution in [2.45, 2.75) is 0 Å². The molecule has 2 nitrogen and oxygen atoms in total. The summed E-state index contributed by atoms with van der Waals surface area (Å²) in [5, 5.41) is 2.63. The van der Waals surface area contributed by atoms with E-state index in [4.69, 9.17) is 11.6 Å². The molecule has 0 aromatic carbocycles. The number of hydrogen-bond donors (Lipinski definition) is 0. The van der Waals surface area contributed by atoms with Crippen LogP contribution in [0.4, 0.5) is 0 Å². The summed E-state index contributed by atoms with van der Waals surface area (Å²) in [6.45, 7) is 0. The second-order valence-corrected chi connectivity index (χ2v) is 4.66. The van der Waals surface area contributed by atoms with E-state index in [1.807, 2.05) is 24.3 Å². The van der Waals surface area contributed by atoms with Gasteiger partial charge >= 0.3 is 0 Å². The van der Waals surface area contributed by atoms with Crippen molar-refractivity contribution in [3.05, 3.63) is 47.2 Å². The fraction of sp³-hybridized carbons (Fsp3) is 0. The van der Waals surface area contributed by atoms with Gasteiger partial charge in [0.15, 0.2) is 0 Å². The molecule has 3 aromatic heterocycles. The van der Waals surface area contributed by atoms with Crippen LogP contribution >= 0.6 is 22.9 Å². The summed E-state index contributed by atoms with van der Waals surface area (Å²) >= 11 is 7.59. The van der Waals surface area contributed by atoms with Crippen molar-refractivity contribution in [2.24, 2.45) is 0 Å². The minimum atomic E-state index is 0.529. The number of fused-ring (bicyclic) bond motifs is 1. The summed E-state index contributed by atoms with van der Waals surface area (Å²) in [6, 6.07) is 7.77. The lowest BCUT2D eigenvalue weighted by atomic mass is 10.1. The smallest absolute Gasteiger partial charge is 0.129 e. The normalized spacial score (nSPS) is 10.8. The highest BCUT2D eigenvalue weighted by atomic mass is 35.5. The molecule has 3 rings (SSSR count). The largest absolute Gasteiger partial charge is 0.265 e. The maximum atomic E-state index is 5.92. The lowest BCUT2D eigenvalue weighted by molar-refractivity contribution is 1.33. The molecule has 0 amide bonds. The third-order valence-corrected chi connectivity index (χ3v) is 3.52. The third kappa shape index (κ3) is 1.58. The van der Waals surface area contributed by atoms with Gasteiger partial charge in [-0.25, -0.2) is 4.98 Å². The van der Waals surface area contributed by atoms with Crippen LogP contribution in [0.25, 0.3) is 21.3 Å². The lowest BCUT2D eigenvalue weighted by Gasteiger charge is -1.98. The van der Waals surface area contributed by atoms with Crippen LogP contribution in [0.1, 0.15) is 0 Å². The molecule has 78 valence electrons. The van der Waals surface area contributed by atoms with Crippen LogP contribution in [0.5, 0.6) is 0 Å². The number of halogens is 1. The topological polar surface area (TPSA) is 25.8 Å². The molecule has 0 saturated heterocycles. The maximum absolute atomic E-state index is 5.92. The van der Waals surface area contributed by atoms with Gasteiger partial charge in [-0.15, -0.1) is 11.3 Å². The van der Waals surface area contributed by atoms with Crippen molar-refractivity contribution < 1.29 is 0 Å². The van der Waals surface area contributed by atoms with Crippen molar-refractivity contribution in [2.75, 3.05) is 0 Å². The Kier molecular flexibility index (Phi) is 2.35. The first-order chi connectivity index (χ1) is 7.84. The van der Waals surface area contributed by atoms with E-state index < -0.39 is 0 Å². The number of nitrogens with zero attached hydrogens (tertiary/aromatic N) is 2. The van der Waals surface area contributed by atoms with Crippen LogP contribution in [-0.2, 0) is 0 Å². The van der Waals surface area contributed by atoms with Gasteiger partial charge in [-0.3, -0.25) is 4.98 Å². The third-order valence-electron chi connectivity index (χ3n) is 2.37. The molecular weight excluding hydrogens is 240 g/mol. The Morgan fingerprint density at radius 1 is 1.06 bits per heavy atom. The predicted octanol–water partition coefficient (Wildman–Crippen LogP) is 4.01. The molecule has 0 aliphatic carbocycles. The van der Waals surface area contributed by atoms with Crippen molar-refractivity contribution >= 4 is 33.2 Å². The molecule has 0 bridgehead atoms. The summed E-state index contributed by atoms with van der Waals surface area (Å²) in [7, 11) is 0. The molecule has 0 N–H and O–H groups in total. The highest BCUT2D eigenvalue weighted by Gasteiger charge is 2.07. The summed E-state index contributed by atoms with van der Waals surface area (Å²) in [6.07, 6.45) is 3.56. The van der Waals surface area contributed by atoms with Gasteiger partial charge in [-0.1, -0.05) is 11.6 Å². The van der Waals surface area contributed by atoms with Crippen LogP contribution in [0.2, 0.25) is 5.15 Å². The zero-order valence-corrected chi connectivity index (χ0v) is 9.79. The molecule has 0 spiro atoms. The minimum absolute atomic E-state index is 0.529. The monoisotopic (exact) mass is 246 g/mol. The molecule has 0 atom stereocenters. The molecule has 0 radical (unpaired) electrons. The second-order valence-electron chi connectivity index (χ2n) is 3.37. The predicted molar refractivity (Wildman–Crippen MR) is 67.9 cm³/mol. The number of thiophene rings is 1. The Labute approximate surface area is 102 Å². The maximum Gasteiger partial charge on any atom is 0.129 e. The van der Waals surface area contributed by atoms with Crippen LogP contribution in [0.3, 0.4) is 0 Å². The van der Waals surface area contributed by atoms with Gasteiger partial charge in [0.2, 0.25) is 0 Å². The van der Waals surface area contributed by atoms with E-state index in [0.29, 0.717) is 5.15 Å². The number of aromatic nitrogens is 2. The highest BCUT2D eigenvalue weighted by Crippen LogP contribution is 2.32. The summed E-state index contributed by atoms with van der Waals surface area (Å²) in [5.41, 5.74) is 3.20. The minimum Gasteiger partial charge on any atom is -0.265 e. The molecule has 3 aromatic rings. The fourth-order valence-electron chi connectivity index (χ4n) is 1.63. The Morgan fingerprint density at radius 3 is 2.69 bits per heavy atom. The first-order valence-electron chi connectivity index (χ1n) is 4.79. The Hall–Kier alpha value is -1.45. The highest BCUT2D eigenvalue weighted by molar-refractivity contribution is 7.17. The van der Waals surface area contributed by atoms with Crippen molar-refractivity contribution in [3.8, 4) is 11.1 Å². The van der Waals surface area contributed by atoms with Gasteiger partial charge in [0.1, 0.15) is 5.15 Å². The van der Waals surface area contributed by atoms with E-state index in [-0.39, 0.29) is 0 Å². The Morgan fingerprint density at radius 2 is 1.88 bits per heavy atom. The average Bonchev–Trinajstić information content (AvgIpc) is 2.73. The molecule has 4 heteroatoms. The lowest BCUT2D eigenvalue weighted by Crippen LogP contribution is -1.80. The van der Waals surface area contributed by atoms with E-state index in [2.05, 4.69) is 15.3 Å². The molecule has 0 aliphatic heterocycles. The van der Waals surface area contributed by atoms with Crippen LogP contribution in [-0.4, -0.2) is 9.97 Å². The zero-order valence-electron chi connectivity index (χ0n) is 8.22. The molecule has 0 fully saturated rings. The number of hydrogen-bond acceptors (Lipinski definition) is 3. The van der Waals surface area contributed by atoms with E-state index in [9.17, 15) is 0 Å². The van der Waals surface area contributed by atoms with Gasteiger partial charge in [-0.05, 0) is 29.8 Å². The van der Waals surface area contributed by atoms with E-state index >= 15 is 0 Å². The van der Waals surface area contributed by atoms with Crippen molar-refractivity contribution in [3.63, 3.8) is 0 Å². The molecular formula is C12H7ClN2S. The van der Waals surface area contributed by atoms with E-state index in [0.717, 1.165) is 21.3 Å².